The van der Waals surface area contributed by atoms with Crippen molar-refractivity contribution in [2.75, 3.05) is 32.6 Å². The van der Waals surface area contributed by atoms with Crippen LogP contribution in [0.3, 0.4) is 0 Å². The highest BCUT2D eigenvalue weighted by atomic mass is 32.2. The Labute approximate surface area is 166 Å². The average molecular weight is 416 g/mol. The molecule has 2 rings (SSSR count). The number of hydrogen-bond donors (Lipinski definition) is 0. The van der Waals surface area contributed by atoms with Crippen LogP contribution in [-0.4, -0.2) is 52.0 Å². The van der Waals surface area contributed by atoms with Crippen LogP contribution in [0.4, 0.5) is 9.18 Å². The summed E-state index contributed by atoms with van der Waals surface area (Å²) in [5.41, 5.74) is 0. The molecule has 1 aliphatic rings. The van der Waals surface area contributed by atoms with Crippen molar-refractivity contribution in [3.05, 3.63) is 24.0 Å². The van der Waals surface area contributed by atoms with Crippen molar-refractivity contribution in [1.29, 1.82) is 0 Å². The minimum atomic E-state index is -3.58. The van der Waals surface area contributed by atoms with Gasteiger partial charge in [-0.25, -0.2) is 17.6 Å². The summed E-state index contributed by atoms with van der Waals surface area (Å²) in [6, 6.07) is 3.81. The van der Waals surface area contributed by atoms with Crippen LogP contribution in [0.25, 0.3) is 0 Å². The largest absolute Gasteiger partial charge is 0.493 e. The van der Waals surface area contributed by atoms with Crippen LogP contribution in [0.1, 0.15) is 39.5 Å². The second-order valence-corrected chi connectivity index (χ2v) is 9.74. The quantitative estimate of drug-likeness (QED) is 0.602. The van der Waals surface area contributed by atoms with E-state index in [4.69, 9.17) is 9.47 Å². The van der Waals surface area contributed by atoms with Crippen LogP contribution in [0.15, 0.2) is 23.1 Å². The molecular weight excluding hydrogens is 385 g/mol. The highest BCUT2D eigenvalue weighted by Gasteiger charge is 2.23. The Hall–Kier alpha value is -1.83. The van der Waals surface area contributed by atoms with Crippen LogP contribution in [0.2, 0.25) is 0 Å². The third-order valence-electron chi connectivity index (χ3n) is 4.74. The Morgan fingerprint density at radius 3 is 2.54 bits per heavy atom. The van der Waals surface area contributed by atoms with E-state index < -0.39 is 15.7 Å². The number of likely N-dealkylation sites (tertiary alicyclic amines) is 1. The Kier molecular flexibility index (Phi) is 8.10. The van der Waals surface area contributed by atoms with Crippen molar-refractivity contribution in [3.8, 4) is 5.75 Å². The number of sulfone groups is 1. The lowest BCUT2D eigenvalue weighted by atomic mass is 9.92. The lowest BCUT2D eigenvalue weighted by molar-refractivity contribution is 0.0777. The van der Waals surface area contributed by atoms with Gasteiger partial charge in [-0.2, -0.15) is 0 Å². The van der Waals surface area contributed by atoms with E-state index in [2.05, 4.69) is 0 Å². The first-order valence-corrected chi connectivity index (χ1v) is 11.6. The second kappa shape index (κ2) is 10.1. The van der Waals surface area contributed by atoms with Crippen LogP contribution < -0.4 is 4.74 Å². The minimum Gasteiger partial charge on any atom is -0.493 e. The molecule has 0 atom stereocenters. The molecule has 1 aliphatic heterocycles. The highest BCUT2D eigenvalue weighted by molar-refractivity contribution is 7.90. The molecule has 1 amide bonds. The molecule has 0 aliphatic carbocycles. The predicted molar refractivity (Wildman–Crippen MR) is 105 cm³/mol. The van der Waals surface area contributed by atoms with Crippen molar-refractivity contribution in [3.63, 3.8) is 0 Å². The number of benzene rings is 1. The molecule has 0 radical (unpaired) electrons. The monoisotopic (exact) mass is 415 g/mol. The molecular formula is C20H30FNO5S. The molecule has 0 unspecified atom stereocenters. The first kappa shape index (κ1) is 22.5. The fourth-order valence-corrected chi connectivity index (χ4v) is 3.90. The third kappa shape index (κ3) is 6.96. The van der Waals surface area contributed by atoms with Gasteiger partial charge in [0.05, 0.1) is 13.2 Å². The summed E-state index contributed by atoms with van der Waals surface area (Å²) < 4.78 is 47.5. The first-order chi connectivity index (χ1) is 13.2. The Morgan fingerprint density at radius 2 is 1.96 bits per heavy atom. The number of hydrogen-bond acceptors (Lipinski definition) is 5. The minimum absolute atomic E-state index is 0.227. The van der Waals surface area contributed by atoms with E-state index >= 15 is 0 Å². The van der Waals surface area contributed by atoms with Gasteiger partial charge in [-0.1, -0.05) is 13.8 Å². The van der Waals surface area contributed by atoms with Gasteiger partial charge < -0.3 is 14.4 Å². The number of ether oxygens (including phenoxy) is 2. The molecule has 1 aromatic rings. The van der Waals surface area contributed by atoms with E-state index in [0.29, 0.717) is 43.9 Å². The van der Waals surface area contributed by atoms with Gasteiger partial charge in [0.2, 0.25) is 0 Å². The van der Waals surface area contributed by atoms with Gasteiger partial charge in [0.15, 0.2) is 9.84 Å². The van der Waals surface area contributed by atoms with Crippen LogP contribution in [0, 0.1) is 17.7 Å². The molecule has 0 saturated carbocycles. The molecule has 0 bridgehead atoms. The van der Waals surface area contributed by atoms with Gasteiger partial charge in [0.25, 0.3) is 0 Å². The summed E-state index contributed by atoms with van der Waals surface area (Å²) in [6.07, 6.45) is 4.41. The number of amides is 1. The molecule has 8 heteroatoms. The lowest BCUT2D eigenvalue weighted by Gasteiger charge is -2.31. The van der Waals surface area contributed by atoms with E-state index in [1.165, 1.54) is 12.1 Å². The summed E-state index contributed by atoms with van der Waals surface area (Å²) in [7, 11) is -3.58. The topological polar surface area (TPSA) is 72.9 Å². The number of rotatable bonds is 8. The molecule has 1 aromatic carbocycles. The molecule has 0 N–H and O–H groups in total. The van der Waals surface area contributed by atoms with E-state index in [1.807, 2.05) is 13.8 Å². The zero-order valence-corrected chi connectivity index (χ0v) is 17.6. The van der Waals surface area contributed by atoms with E-state index in [-0.39, 0.29) is 11.0 Å². The Balaban J connectivity index is 1.67. The number of halogens is 1. The highest BCUT2D eigenvalue weighted by Crippen LogP contribution is 2.24. The Morgan fingerprint density at radius 1 is 1.29 bits per heavy atom. The maximum Gasteiger partial charge on any atom is 0.409 e. The van der Waals surface area contributed by atoms with Gasteiger partial charge in [-0.05, 0) is 49.7 Å². The van der Waals surface area contributed by atoms with Crippen molar-refractivity contribution >= 4 is 15.9 Å². The normalized spacial score (nSPS) is 15.7. The zero-order chi connectivity index (χ0) is 20.7. The number of piperidine rings is 1. The van der Waals surface area contributed by atoms with E-state index in [1.54, 1.807) is 4.90 Å². The van der Waals surface area contributed by atoms with E-state index in [0.717, 1.165) is 38.0 Å². The van der Waals surface area contributed by atoms with E-state index in [9.17, 15) is 17.6 Å². The Bertz CT molecular complexity index is 758. The number of carbonyl (C=O) groups is 1. The molecule has 1 heterocycles. The summed E-state index contributed by atoms with van der Waals surface area (Å²) in [5, 5.41) is 0. The van der Waals surface area contributed by atoms with Crippen molar-refractivity contribution in [1.82, 2.24) is 4.90 Å². The smallest absolute Gasteiger partial charge is 0.409 e. The van der Waals surface area contributed by atoms with Crippen LogP contribution in [-0.2, 0) is 14.6 Å². The van der Waals surface area contributed by atoms with Gasteiger partial charge >= 0.3 is 6.09 Å². The van der Waals surface area contributed by atoms with Crippen molar-refractivity contribution in [2.45, 2.75) is 44.4 Å². The summed E-state index contributed by atoms with van der Waals surface area (Å²) in [4.78, 5) is 13.4. The van der Waals surface area contributed by atoms with Gasteiger partial charge in [0, 0.05) is 25.4 Å². The molecule has 0 aromatic heterocycles. The fraction of sp³-hybridized carbons (Fsp3) is 0.650. The fourth-order valence-electron chi connectivity index (χ4n) is 3.17. The summed E-state index contributed by atoms with van der Waals surface area (Å²) in [5.74, 6) is 0.393. The zero-order valence-electron chi connectivity index (χ0n) is 16.8. The average Bonchev–Trinajstić information content (AvgIpc) is 2.62. The predicted octanol–water partition coefficient (Wildman–Crippen LogP) is 3.89. The summed E-state index contributed by atoms with van der Waals surface area (Å²) >= 11 is 0. The summed E-state index contributed by atoms with van der Waals surface area (Å²) in [6.45, 7) is 6.32. The number of carbonyl (C=O) groups excluding carboxylic acids is 1. The molecule has 1 fully saturated rings. The third-order valence-corrected chi connectivity index (χ3v) is 5.87. The van der Waals surface area contributed by atoms with Crippen LogP contribution >= 0.6 is 0 Å². The lowest BCUT2D eigenvalue weighted by Crippen LogP contribution is -2.39. The number of nitrogens with zero attached hydrogens (tertiary/aromatic N) is 1. The van der Waals surface area contributed by atoms with Crippen molar-refractivity contribution < 1.29 is 27.1 Å². The van der Waals surface area contributed by atoms with Crippen molar-refractivity contribution in [2.24, 2.45) is 11.8 Å². The van der Waals surface area contributed by atoms with Gasteiger partial charge in [-0.15, -0.1) is 0 Å². The standard InChI is InChI=1S/C20H30FNO5S/c1-15(2)14-27-20(23)22-10-8-16(9-11-22)5-4-12-26-17-6-7-19(18(21)13-17)28(3,24)25/h6-7,13,15-16H,4-5,8-12,14H2,1-3H3. The molecule has 0 spiro atoms. The molecule has 28 heavy (non-hydrogen) atoms. The molecule has 1 saturated heterocycles. The van der Waals surface area contributed by atoms with Gasteiger partial charge in [0.1, 0.15) is 16.5 Å². The molecule has 6 nitrogen and oxygen atoms in total. The first-order valence-electron chi connectivity index (χ1n) is 9.71. The van der Waals surface area contributed by atoms with Crippen LogP contribution in [0.5, 0.6) is 5.75 Å². The van der Waals surface area contributed by atoms with Gasteiger partial charge in [-0.3, -0.25) is 0 Å². The maximum atomic E-state index is 13.8. The maximum absolute atomic E-state index is 13.8. The second-order valence-electron chi connectivity index (χ2n) is 7.76. The molecule has 158 valence electrons. The SMILES string of the molecule is CC(C)COC(=O)N1CCC(CCCOc2ccc(S(C)(=O)=O)c(F)c2)CC1.